The summed E-state index contributed by atoms with van der Waals surface area (Å²) in [7, 11) is 0. The van der Waals surface area contributed by atoms with Gasteiger partial charge in [0.1, 0.15) is 0 Å². The van der Waals surface area contributed by atoms with Crippen molar-refractivity contribution in [2.24, 2.45) is 17.8 Å². The predicted octanol–water partition coefficient (Wildman–Crippen LogP) is 3.03. The van der Waals surface area contributed by atoms with E-state index in [1.807, 2.05) is 30.3 Å². The van der Waals surface area contributed by atoms with Crippen molar-refractivity contribution in [3.8, 4) is 0 Å². The molecule has 1 heterocycles. The molecule has 2 bridgehead atoms. The maximum absolute atomic E-state index is 12.4. The minimum atomic E-state index is 0.0278. The number of carbonyl (C=O) groups excluding carboxylic acids is 2. The quantitative estimate of drug-likeness (QED) is 0.810. The summed E-state index contributed by atoms with van der Waals surface area (Å²) in [6.45, 7) is 2.14. The Hall–Kier alpha value is -1.88. The van der Waals surface area contributed by atoms with Gasteiger partial charge in [-0.1, -0.05) is 24.6 Å². The van der Waals surface area contributed by atoms with Crippen LogP contribution in [-0.4, -0.2) is 42.4 Å². The molecule has 0 aromatic heterocycles. The van der Waals surface area contributed by atoms with Crippen molar-refractivity contribution in [3.05, 3.63) is 30.3 Å². The molecular formula is C22H31N3O2. The number of amides is 2. The number of nitrogens with zero attached hydrogens (tertiary/aromatic N) is 1. The summed E-state index contributed by atoms with van der Waals surface area (Å²) < 4.78 is 0. The van der Waals surface area contributed by atoms with Crippen LogP contribution in [0.1, 0.15) is 44.9 Å². The summed E-state index contributed by atoms with van der Waals surface area (Å²) in [6.07, 6.45) is 7.95. The molecule has 2 aliphatic carbocycles. The van der Waals surface area contributed by atoms with Gasteiger partial charge in [-0.2, -0.15) is 0 Å². The molecule has 3 aliphatic rings. The second kappa shape index (κ2) is 8.42. The summed E-state index contributed by atoms with van der Waals surface area (Å²) in [5.41, 5.74) is 0.838. The van der Waals surface area contributed by atoms with E-state index in [1.54, 1.807) is 0 Å². The Kier molecular flexibility index (Phi) is 5.77. The number of rotatable bonds is 6. The molecule has 1 saturated heterocycles. The van der Waals surface area contributed by atoms with Gasteiger partial charge in [0, 0.05) is 31.2 Å². The lowest BCUT2D eigenvalue weighted by Gasteiger charge is -2.32. The molecule has 2 saturated carbocycles. The van der Waals surface area contributed by atoms with Crippen LogP contribution in [0.15, 0.2) is 30.3 Å². The maximum atomic E-state index is 12.4. The highest BCUT2D eigenvalue weighted by molar-refractivity contribution is 5.92. The van der Waals surface area contributed by atoms with Crippen molar-refractivity contribution >= 4 is 17.5 Å². The second-order valence-electron chi connectivity index (χ2n) is 8.67. The first-order valence-corrected chi connectivity index (χ1v) is 10.5. The van der Waals surface area contributed by atoms with Crippen molar-refractivity contribution in [2.75, 3.05) is 25.0 Å². The minimum absolute atomic E-state index is 0.0278. The molecule has 5 heteroatoms. The fourth-order valence-corrected chi connectivity index (χ4v) is 5.31. The Morgan fingerprint density at radius 2 is 1.74 bits per heavy atom. The predicted molar refractivity (Wildman–Crippen MR) is 106 cm³/mol. The molecule has 5 nitrogen and oxygen atoms in total. The molecule has 1 aromatic carbocycles. The number of para-hydroxylation sites is 1. The van der Waals surface area contributed by atoms with Crippen LogP contribution in [0.2, 0.25) is 0 Å². The Labute approximate surface area is 161 Å². The van der Waals surface area contributed by atoms with E-state index in [9.17, 15) is 9.59 Å². The molecule has 0 spiro atoms. The molecule has 2 N–H and O–H groups in total. The van der Waals surface area contributed by atoms with Gasteiger partial charge in [0.15, 0.2) is 0 Å². The summed E-state index contributed by atoms with van der Waals surface area (Å²) in [5, 5.41) is 6.19. The SMILES string of the molecule is O=C(CN1CCC(NC(=O)C[C@@H]2C[C@H]3CC[C@H]2C3)CC1)Nc1ccccc1. The number of anilines is 1. The smallest absolute Gasteiger partial charge is 0.238 e. The molecule has 0 unspecified atom stereocenters. The number of fused-ring (bicyclic) bond motifs is 2. The van der Waals surface area contributed by atoms with Crippen LogP contribution >= 0.6 is 0 Å². The molecule has 4 rings (SSSR count). The summed E-state index contributed by atoms with van der Waals surface area (Å²) in [6, 6.07) is 9.84. The molecule has 1 aromatic rings. The average Bonchev–Trinajstić information content (AvgIpc) is 3.27. The van der Waals surface area contributed by atoms with E-state index in [-0.39, 0.29) is 17.9 Å². The zero-order chi connectivity index (χ0) is 18.6. The highest BCUT2D eigenvalue weighted by Crippen LogP contribution is 2.49. The van der Waals surface area contributed by atoms with Gasteiger partial charge in [0.25, 0.3) is 0 Å². The summed E-state index contributed by atoms with van der Waals surface area (Å²) >= 11 is 0. The number of hydrogen-bond acceptors (Lipinski definition) is 3. The van der Waals surface area contributed by atoms with Crippen molar-refractivity contribution in [1.82, 2.24) is 10.2 Å². The van der Waals surface area contributed by atoms with E-state index >= 15 is 0 Å². The molecule has 3 atom stereocenters. The van der Waals surface area contributed by atoms with Crippen molar-refractivity contribution in [3.63, 3.8) is 0 Å². The fourth-order valence-electron chi connectivity index (χ4n) is 5.31. The number of likely N-dealkylation sites (tertiary alicyclic amines) is 1. The minimum Gasteiger partial charge on any atom is -0.353 e. The van der Waals surface area contributed by atoms with Crippen molar-refractivity contribution in [2.45, 2.75) is 51.0 Å². The molecule has 1 aliphatic heterocycles. The average molecular weight is 370 g/mol. The topological polar surface area (TPSA) is 61.4 Å². The van der Waals surface area contributed by atoms with E-state index in [4.69, 9.17) is 0 Å². The van der Waals surface area contributed by atoms with Crippen LogP contribution in [0.25, 0.3) is 0 Å². The van der Waals surface area contributed by atoms with Gasteiger partial charge < -0.3 is 10.6 Å². The van der Waals surface area contributed by atoms with Gasteiger partial charge in [-0.25, -0.2) is 0 Å². The van der Waals surface area contributed by atoms with Crippen molar-refractivity contribution < 1.29 is 9.59 Å². The molecular weight excluding hydrogens is 338 g/mol. The van der Waals surface area contributed by atoms with Gasteiger partial charge in [-0.05, 0) is 62.0 Å². The molecule has 3 fully saturated rings. The number of benzene rings is 1. The lowest BCUT2D eigenvalue weighted by molar-refractivity contribution is -0.124. The lowest BCUT2D eigenvalue weighted by atomic mass is 9.86. The lowest BCUT2D eigenvalue weighted by Crippen LogP contribution is -2.46. The van der Waals surface area contributed by atoms with Crippen LogP contribution in [0, 0.1) is 17.8 Å². The number of piperidine rings is 1. The van der Waals surface area contributed by atoms with Crippen LogP contribution in [-0.2, 0) is 9.59 Å². The number of nitrogens with one attached hydrogen (secondary N) is 2. The van der Waals surface area contributed by atoms with E-state index in [2.05, 4.69) is 15.5 Å². The van der Waals surface area contributed by atoms with E-state index in [0.717, 1.165) is 49.9 Å². The highest BCUT2D eigenvalue weighted by atomic mass is 16.2. The van der Waals surface area contributed by atoms with Gasteiger partial charge >= 0.3 is 0 Å². The molecule has 27 heavy (non-hydrogen) atoms. The zero-order valence-electron chi connectivity index (χ0n) is 16.0. The highest BCUT2D eigenvalue weighted by Gasteiger charge is 2.40. The van der Waals surface area contributed by atoms with E-state index in [0.29, 0.717) is 12.5 Å². The monoisotopic (exact) mass is 369 g/mol. The third-order valence-electron chi connectivity index (χ3n) is 6.71. The first-order valence-electron chi connectivity index (χ1n) is 10.5. The van der Waals surface area contributed by atoms with Crippen LogP contribution in [0.3, 0.4) is 0 Å². The Morgan fingerprint density at radius 3 is 2.41 bits per heavy atom. The number of hydrogen-bond donors (Lipinski definition) is 2. The Bertz CT molecular complexity index is 655. The van der Waals surface area contributed by atoms with Crippen LogP contribution in [0.5, 0.6) is 0 Å². The van der Waals surface area contributed by atoms with Crippen molar-refractivity contribution in [1.29, 1.82) is 0 Å². The maximum Gasteiger partial charge on any atom is 0.238 e. The molecule has 2 amide bonds. The van der Waals surface area contributed by atoms with Gasteiger partial charge in [0.05, 0.1) is 6.54 Å². The summed E-state index contributed by atoms with van der Waals surface area (Å²) in [4.78, 5) is 26.8. The summed E-state index contributed by atoms with van der Waals surface area (Å²) in [5.74, 6) is 2.61. The van der Waals surface area contributed by atoms with Crippen LogP contribution < -0.4 is 10.6 Å². The number of carbonyl (C=O) groups is 2. The third kappa shape index (κ3) is 4.89. The second-order valence-corrected chi connectivity index (χ2v) is 8.67. The first-order chi connectivity index (χ1) is 13.2. The fraction of sp³-hybridized carbons (Fsp3) is 0.636. The Balaban J connectivity index is 1.14. The van der Waals surface area contributed by atoms with E-state index < -0.39 is 0 Å². The molecule has 0 radical (unpaired) electrons. The molecule has 146 valence electrons. The largest absolute Gasteiger partial charge is 0.353 e. The first kappa shape index (κ1) is 18.5. The van der Waals surface area contributed by atoms with E-state index in [1.165, 1.54) is 25.7 Å². The normalized spacial score (nSPS) is 28.2. The van der Waals surface area contributed by atoms with Crippen LogP contribution in [0.4, 0.5) is 5.69 Å². The van der Waals surface area contributed by atoms with Gasteiger partial charge in [-0.3, -0.25) is 14.5 Å². The zero-order valence-corrected chi connectivity index (χ0v) is 16.0. The standard InChI is InChI=1S/C22H31N3O2/c26-21(14-18-13-16-6-7-17(18)12-16)23-20-8-10-25(11-9-20)15-22(27)24-19-4-2-1-3-5-19/h1-5,16-18,20H,6-15H2,(H,23,26)(H,24,27)/t16-,17-,18-/m0/s1. The van der Waals surface area contributed by atoms with Gasteiger partial charge in [0.2, 0.25) is 11.8 Å². The Morgan fingerprint density at radius 1 is 0.963 bits per heavy atom. The third-order valence-corrected chi connectivity index (χ3v) is 6.71. The van der Waals surface area contributed by atoms with Gasteiger partial charge in [-0.15, -0.1) is 0 Å².